The second-order valence-corrected chi connectivity index (χ2v) is 8.07. The van der Waals surface area contributed by atoms with Crippen molar-refractivity contribution in [1.29, 1.82) is 0 Å². The minimum Gasteiger partial charge on any atom is -0.383 e. The monoisotopic (exact) mass is 367 g/mol. The number of nitrogens with zero attached hydrogens (tertiary/aromatic N) is 2. The highest BCUT2D eigenvalue weighted by molar-refractivity contribution is 7.90. The number of hydrogen-bond acceptors (Lipinski definition) is 6. The molecule has 0 saturated carbocycles. The van der Waals surface area contributed by atoms with Crippen molar-refractivity contribution in [2.75, 3.05) is 33.4 Å². The minimum atomic E-state index is -3.96. The zero-order valence-corrected chi connectivity index (χ0v) is 14.8. The summed E-state index contributed by atoms with van der Waals surface area (Å²) in [5, 5.41) is 0. The van der Waals surface area contributed by atoms with Gasteiger partial charge in [0, 0.05) is 31.8 Å². The molecular formula is C16H21N3O5S. The van der Waals surface area contributed by atoms with Crippen molar-refractivity contribution in [2.45, 2.75) is 23.8 Å². The summed E-state index contributed by atoms with van der Waals surface area (Å²) in [7, 11) is -2.53. The predicted molar refractivity (Wildman–Crippen MR) is 89.7 cm³/mol. The highest BCUT2D eigenvalue weighted by Crippen LogP contribution is 2.31. The van der Waals surface area contributed by atoms with Crippen LogP contribution in [0.1, 0.15) is 33.6 Å². The van der Waals surface area contributed by atoms with Gasteiger partial charge in [-0.1, -0.05) is 0 Å². The molecule has 0 radical (unpaired) electrons. The lowest BCUT2D eigenvalue weighted by molar-refractivity contribution is 0.0707. The maximum absolute atomic E-state index is 12.6. The molecule has 2 heterocycles. The first kappa shape index (κ1) is 17.8. The van der Waals surface area contributed by atoms with Gasteiger partial charge in [-0.2, -0.15) is 0 Å². The van der Waals surface area contributed by atoms with Crippen LogP contribution in [-0.2, 0) is 14.8 Å². The van der Waals surface area contributed by atoms with E-state index in [1.807, 2.05) is 0 Å². The Morgan fingerprint density at radius 3 is 2.84 bits per heavy atom. The normalized spacial score (nSPS) is 22.2. The highest BCUT2D eigenvalue weighted by Gasteiger charge is 2.41. The van der Waals surface area contributed by atoms with E-state index >= 15 is 0 Å². The molecule has 2 amide bonds. The molecule has 0 bridgehead atoms. The van der Waals surface area contributed by atoms with Gasteiger partial charge in [-0.3, -0.25) is 9.59 Å². The molecule has 1 saturated heterocycles. The van der Waals surface area contributed by atoms with Crippen LogP contribution in [0.4, 0.5) is 0 Å². The minimum absolute atomic E-state index is 0.0589. The molecule has 2 aliphatic rings. The summed E-state index contributed by atoms with van der Waals surface area (Å²) >= 11 is 0. The number of nitrogens with two attached hydrogens (primary N) is 1. The first-order chi connectivity index (χ1) is 11.9. The summed E-state index contributed by atoms with van der Waals surface area (Å²) in [6.45, 7) is 1.09. The molecule has 25 heavy (non-hydrogen) atoms. The number of piperidine rings is 1. The predicted octanol–water partition coefficient (Wildman–Crippen LogP) is 0.0408. The van der Waals surface area contributed by atoms with E-state index in [1.54, 1.807) is 4.90 Å². The molecule has 0 aliphatic carbocycles. The number of carbonyl (C=O) groups excluding carboxylic acids is 2. The molecule has 1 aromatic carbocycles. The molecular weight excluding hydrogens is 346 g/mol. The smallest absolute Gasteiger partial charge is 0.269 e. The van der Waals surface area contributed by atoms with Crippen LogP contribution in [-0.4, -0.2) is 68.8 Å². The number of rotatable bonds is 4. The Morgan fingerprint density at radius 2 is 2.16 bits per heavy atom. The van der Waals surface area contributed by atoms with Crippen LogP contribution in [0.15, 0.2) is 23.1 Å². The molecule has 1 fully saturated rings. The van der Waals surface area contributed by atoms with Crippen LogP contribution in [0.3, 0.4) is 0 Å². The molecule has 136 valence electrons. The molecule has 8 nitrogen and oxygen atoms in total. The number of carbonyl (C=O) groups is 2. The Bertz CT molecular complexity index is 808. The summed E-state index contributed by atoms with van der Waals surface area (Å²) < 4.78 is 30.9. The van der Waals surface area contributed by atoms with E-state index in [9.17, 15) is 18.0 Å². The van der Waals surface area contributed by atoms with E-state index in [2.05, 4.69) is 0 Å². The van der Waals surface area contributed by atoms with Gasteiger partial charge in [0.25, 0.3) is 21.8 Å². The van der Waals surface area contributed by atoms with Crippen LogP contribution in [0.5, 0.6) is 0 Å². The van der Waals surface area contributed by atoms with Crippen molar-refractivity contribution in [1.82, 2.24) is 9.21 Å². The number of ether oxygens (including phenoxy) is 1. The Labute approximate surface area is 146 Å². The third kappa shape index (κ3) is 3.14. The fourth-order valence-corrected chi connectivity index (χ4v) is 4.76. The second kappa shape index (κ2) is 6.74. The largest absolute Gasteiger partial charge is 0.383 e. The lowest BCUT2D eigenvalue weighted by Gasteiger charge is -2.30. The van der Waals surface area contributed by atoms with Crippen molar-refractivity contribution in [3.8, 4) is 0 Å². The Hall–Kier alpha value is -1.97. The average molecular weight is 367 g/mol. The number of benzene rings is 1. The Morgan fingerprint density at radius 1 is 1.40 bits per heavy atom. The van der Waals surface area contributed by atoms with E-state index in [1.165, 1.54) is 25.3 Å². The van der Waals surface area contributed by atoms with Crippen molar-refractivity contribution in [3.05, 3.63) is 29.3 Å². The lowest BCUT2D eigenvalue weighted by Crippen LogP contribution is -2.45. The van der Waals surface area contributed by atoms with Gasteiger partial charge in [0.1, 0.15) is 4.90 Å². The van der Waals surface area contributed by atoms with E-state index in [0.29, 0.717) is 13.1 Å². The third-order valence-corrected chi connectivity index (χ3v) is 6.32. The quantitative estimate of drug-likeness (QED) is 0.805. The van der Waals surface area contributed by atoms with Gasteiger partial charge in [-0.15, -0.1) is 0 Å². The number of fused-ring (bicyclic) bond motifs is 1. The van der Waals surface area contributed by atoms with Crippen LogP contribution in [0.25, 0.3) is 0 Å². The number of hydrogen-bond donors (Lipinski definition) is 1. The summed E-state index contributed by atoms with van der Waals surface area (Å²) in [6.07, 6.45) is 1.69. The molecule has 0 aromatic heterocycles. The Balaban J connectivity index is 1.91. The van der Waals surface area contributed by atoms with Crippen LogP contribution in [0.2, 0.25) is 0 Å². The van der Waals surface area contributed by atoms with Crippen LogP contribution in [0, 0.1) is 0 Å². The second-order valence-electron chi connectivity index (χ2n) is 6.24. The van der Waals surface area contributed by atoms with E-state index in [-0.39, 0.29) is 41.1 Å². The summed E-state index contributed by atoms with van der Waals surface area (Å²) in [4.78, 5) is 26.5. The molecule has 3 rings (SSSR count). The molecule has 1 unspecified atom stereocenters. The molecule has 1 atom stereocenters. The van der Waals surface area contributed by atoms with E-state index in [0.717, 1.165) is 17.1 Å². The van der Waals surface area contributed by atoms with E-state index in [4.69, 9.17) is 10.5 Å². The average Bonchev–Trinajstić information content (AvgIpc) is 2.78. The molecule has 2 aliphatic heterocycles. The van der Waals surface area contributed by atoms with Crippen molar-refractivity contribution >= 4 is 21.8 Å². The number of methoxy groups -OCH3 is 1. The zero-order chi connectivity index (χ0) is 18.2. The molecule has 9 heteroatoms. The fraction of sp³-hybridized carbons (Fsp3) is 0.500. The topological polar surface area (TPSA) is 110 Å². The van der Waals surface area contributed by atoms with Crippen molar-refractivity contribution in [2.24, 2.45) is 5.73 Å². The van der Waals surface area contributed by atoms with Crippen molar-refractivity contribution < 1.29 is 22.7 Å². The number of likely N-dealkylation sites (tertiary alicyclic amines) is 1. The third-order valence-electron chi connectivity index (χ3n) is 4.50. The first-order valence-corrected chi connectivity index (χ1v) is 9.55. The SMILES string of the molecule is COCCN1C(=O)c2ccc(C(=O)N3CCCC(N)C3)cc2S1(=O)=O. The highest BCUT2D eigenvalue weighted by atomic mass is 32.2. The van der Waals surface area contributed by atoms with Crippen molar-refractivity contribution in [3.63, 3.8) is 0 Å². The molecule has 1 aromatic rings. The molecule has 0 spiro atoms. The van der Waals surface area contributed by atoms with Gasteiger partial charge in [0.2, 0.25) is 0 Å². The van der Waals surface area contributed by atoms with Gasteiger partial charge in [0.15, 0.2) is 0 Å². The summed E-state index contributed by atoms with van der Waals surface area (Å²) in [5.74, 6) is -0.859. The maximum Gasteiger partial charge on any atom is 0.269 e. The van der Waals surface area contributed by atoms with Gasteiger partial charge in [0.05, 0.1) is 18.7 Å². The summed E-state index contributed by atoms with van der Waals surface area (Å²) in [5.41, 5.74) is 6.24. The summed E-state index contributed by atoms with van der Waals surface area (Å²) in [6, 6.07) is 4.12. The Kier molecular flexibility index (Phi) is 4.81. The standard InChI is InChI=1S/C16H21N3O5S/c1-24-8-7-19-16(21)13-5-4-11(9-14(13)25(19,22)23)15(20)18-6-2-3-12(17)10-18/h4-5,9,12H,2-3,6-8,10,17H2,1H3. The number of amides is 2. The van der Waals surface area contributed by atoms with Gasteiger partial charge in [-0.25, -0.2) is 12.7 Å². The fourth-order valence-electron chi connectivity index (χ4n) is 3.18. The maximum atomic E-state index is 12.6. The van der Waals surface area contributed by atoms with Gasteiger partial charge < -0.3 is 15.4 Å². The van der Waals surface area contributed by atoms with Crippen LogP contribution >= 0.6 is 0 Å². The van der Waals surface area contributed by atoms with Gasteiger partial charge >= 0.3 is 0 Å². The van der Waals surface area contributed by atoms with Gasteiger partial charge in [-0.05, 0) is 31.0 Å². The number of sulfonamides is 1. The van der Waals surface area contributed by atoms with E-state index < -0.39 is 15.9 Å². The van der Waals surface area contributed by atoms with Crippen LogP contribution < -0.4 is 5.73 Å². The molecule has 2 N–H and O–H groups in total. The zero-order valence-electron chi connectivity index (χ0n) is 14.0. The lowest BCUT2D eigenvalue weighted by atomic mass is 10.0. The first-order valence-electron chi connectivity index (χ1n) is 8.11.